The lowest BCUT2D eigenvalue weighted by molar-refractivity contribution is -0.116. The SMILES string of the molecule is CC(C)=CC(=O)NCC1CCN(Cc2cc(C)ccc2C)C1. The second-order valence-corrected chi connectivity index (χ2v) is 6.79. The molecule has 1 heterocycles. The minimum absolute atomic E-state index is 0.0352. The monoisotopic (exact) mass is 300 g/mol. The van der Waals surface area contributed by atoms with Crippen molar-refractivity contribution in [1.82, 2.24) is 10.2 Å². The fourth-order valence-corrected chi connectivity index (χ4v) is 2.99. The third kappa shape index (κ3) is 4.99. The van der Waals surface area contributed by atoms with Crippen LogP contribution < -0.4 is 5.32 Å². The molecule has 1 amide bonds. The molecule has 0 radical (unpaired) electrons. The number of nitrogens with one attached hydrogen (secondary N) is 1. The minimum atomic E-state index is 0.0352. The molecule has 0 aromatic heterocycles. The second-order valence-electron chi connectivity index (χ2n) is 6.79. The van der Waals surface area contributed by atoms with Crippen LogP contribution >= 0.6 is 0 Å². The van der Waals surface area contributed by atoms with Gasteiger partial charge in [-0.3, -0.25) is 9.69 Å². The molecule has 3 heteroatoms. The molecular weight excluding hydrogens is 272 g/mol. The van der Waals surface area contributed by atoms with Crippen LogP contribution in [0.15, 0.2) is 29.8 Å². The molecule has 1 aromatic rings. The number of hydrogen-bond acceptors (Lipinski definition) is 2. The molecule has 3 nitrogen and oxygen atoms in total. The number of nitrogens with zero attached hydrogens (tertiary/aromatic N) is 1. The number of aryl methyl sites for hydroxylation is 2. The number of rotatable bonds is 5. The van der Waals surface area contributed by atoms with Crippen molar-refractivity contribution in [3.8, 4) is 0 Å². The van der Waals surface area contributed by atoms with Crippen LogP contribution in [0.25, 0.3) is 0 Å². The van der Waals surface area contributed by atoms with Crippen LogP contribution in [0, 0.1) is 19.8 Å². The summed E-state index contributed by atoms with van der Waals surface area (Å²) in [6.45, 7) is 12.2. The van der Waals surface area contributed by atoms with Crippen LogP contribution in [0.1, 0.15) is 37.0 Å². The van der Waals surface area contributed by atoms with Crippen molar-refractivity contribution in [2.75, 3.05) is 19.6 Å². The summed E-state index contributed by atoms with van der Waals surface area (Å²) >= 11 is 0. The van der Waals surface area contributed by atoms with E-state index in [4.69, 9.17) is 0 Å². The van der Waals surface area contributed by atoms with Gasteiger partial charge in [0.15, 0.2) is 0 Å². The number of carbonyl (C=O) groups is 1. The third-order valence-corrected chi connectivity index (χ3v) is 4.25. The molecule has 1 fully saturated rings. The second kappa shape index (κ2) is 7.59. The van der Waals surface area contributed by atoms with Crippen molar-refractivity contribution in [1.29, 1.82) is 0 Å². The Balaban J connectivity index is 1.81. The number of amides is 1. The van der Waals surface area contributed by atoms with Crippen molar-refractivity contribution in [3.63, 3.8) is 0 Å². The molecular formula is C19H28N2O. The Morgan fingerprint density at radius 3 is 2.86 bits per heavy atom. The molecule has 0 bridgehead atoms. The Morgan fingerprint density at radius 1 is 1.36 bits per heavy atom. The fourth-order valence-electron chi connectivity index (χ4n) is 2.99. The zero-order chi connectivity index (χ0) is 16.1. The van der Waals surface area contributed by atoms with Gasteiger partial charge in [0.05, 0.1) is 0 Å². The lowest BCUT2D eigenvalue weighted by atomic mass is 10.1. The lowest BCUT2D eigenvalue weighted by Crippen LogP contribution is -2.30. The van der Waals surface area contributed by atoms with Crippen molar-refractivity contribution in [2.24, 2.45) is 5.92 Å². The average Bonchev–Trinajstić information content (AvgIpc) is 2.88. The maximum atomic E-state index is 11.7. The highest BCUT2D eigenvalue weighted by Crippen LogP contribution is 2.20. The van der Waals surface area contributed by atoms with Crippen LogP contribution in [-0.2, 0) is 11.3 Å². The zero-order valence-corrected chi connectivity index (χ0v) is 14.3. The number of likely N-dealkylation sites (tertiary alicyclic amines) is 1. The van der Waals surface area contributed by atoms with Gasteiger partial charge in [-0.25, -0.2) is 0 Å². The normalized spacial score (nSPS) is 18.3. The first-order chi connectivity index (χ1) is 10.4. The van der Waals surface area contributed by atoms with Crippen molar-refractivity contribution in [2.45, 2.75) is 40.7 Å². The highest BCUT2D eigenvalue weighted by atomic mass is 16.1. The summed E-state index contributed by atoms with van der Waals surface area (Å²) in [5.74, 6) is 0.604. The van der Waals surface area contributed by atoms with Gasteiger partial charge in [0.25, 0.3) is 0 Å². The maximum Gasteiger partial charge on any atom is 0.243 e. The van der Waals surface area contributed by atoms with Gasteiger partial charge in [-0.15, -0.1) is 0 Å². The van der Waals surface area contributed by atoms with Crippen molar-refractivity contribution < 1.29 is 4.79 Å². The zero-order valence-electron chi connectivity index (χ0n) is 14.3. The Hall–Kier alpha value is -1.61. The first-order valence-electron chi connectivity index (χ1n) is 8.15. The third-order valence-electron chi connectivity index (χ3n) is 4.25. The molecule has 2 rings (SSSR count). The maximum absolute atomic E-state index is 11.7. The minimum Gasteiger partial charge on any atom is -0.352 e. The van der Waals surface area contributed by atoms with Crippen LogP contribution in [0.5, 0.6) is 0 Å². The summed E-state index contributed by atoms with van der Waals surface area (Å²) in [6, 6.07) is 6.67. The summed E-state index contributed by atoms with van der Waals surface area (Å²) in [5.41, 5.74) is 5.16. The molecule has 1 aliphatic rings. The van der Waals surface area contributed by atoms with E-state index in [0.29, 0.717) is 5.92 Å². The molecule has 0 spiro atoms. The highest BCUT2D eigenvalue weighted by Gasteiger charge is 2.23. The molecule has 1 N–H and O–H groups in total. The van der Waals surface area contributed by atoms with E-state index in [9.17, 15) is 4.79 Å². The Morgan fingerprint density at radius 2 is 2.14 bits per heavy atom. The largest absolute Gasteiger partial charge is 0.352 e. The van der Waals surface area contributed by atoms with Gasteiger partial charge in [-0.05, 0) is 57.7 Å². The van der Waals surface area contributed by atoms with E-state index >= 15 is 0 Å². The van der Waals surface area contributed by atoms with E-state index in [1.807, 2.05) is 13.8 Å². The topological polar surface area (TPSA) is 32.3 Å². The number of carbonyl (C=O) groups excluding carboxylic acids is 1. The predicted molar refractivity (Wildman–Crippen MR) is 91.7 cm³/mol. The fraction of sp³-hybridized carbons (Fsp3) is 0.526. The Bertz CT molecular complexity index is 559. The van der Waals surface area contributed by atoms with Gasteiger partial charge in [0.2, 0.25) is 5.91 Å². The Labute approximate surface area is 134 Å². The standard InChI is InChI=1S/C19H28N2O/c1-14(2)9-19(22)20-11-17-7-8-21(12-17)13-18-10-15(3)5-6-16(18)4/h5-6,9-10,17H,7-8,11-13H2,1-4H3,(H,20,22). The van der Waals surface area contributed by atoms with E-state index in [2.05, 4.69) is 42.3 Å². The van der Waals surface area contributed by atoms with Crippen LogP contribution in [-0.4, -0.2) is 30.4 Å². The summed E-state index contributed by atoms with van der Waals surface area (Å²) in [6.07, 6.45) is 2.84. The van der Waals surface area contributed by atoms with E-state index < -0.39 is 0 Å². The molecule has 0 aliphatic carbocycles. The molecule has 0 saturated carbocycles. The smallest absolute Gasteiger partial charge is 0.243 e. The number of hydrogen-bond donors (Lipinski definition) is 1. The van der Waals surface area contributed by atoms with Crippen LogP contribution in [0.2, 0.25) is 0 Å². The van der Waals surface area contributed by atoms with Gasteiger partial charge in [-0.2, -0.15) is 0 Å². The lowest BCUT2D eigenvalue weighted by Gasteiger charge is -2.18. The van der Waals surface area contributed by atoms with Crippen molar-refractivity contribution >= 4 is 5.91 Å². The van der Waals surface area contributed by atoms with Crippen LogP contribution in [0.3, 0.4) is 0 Å². The summed E-state index contributed by atoms with van der Waals surface area (Å²) in [7, 11) is 0. The van der Waals surface area contributed by atoms with Gasteiger partial charge in [0, 0.05) is 25.7 Å². The quantitative estimate of drug-likeness (QED) is 0.847. The first kappa shape index (κ1) is 16.8. The molecule has 1 aliphatic heterocycles. The van der Waals surface area contributed by atoms with Crippen molar-refractivity contribution in [3.05, 3.63) is 46.5 Å². The molecule has 1 unspecified atom stereocenters. The predicted octanol–water partition coefficient (Wildman–Crippen LogP) is 3.21. The summed E-state index contributed by atoms with van der Waals surface area (Å²) < 4.78 is 0. The highest BCUT2D eigenvalue weighted by molar-refractivity contribution is 5.87. The summed E-state index contributed by atoms with van der Waals surface area (Å²) in [4.78, 5) is 14.2. The molecule has 1 saturated heterocycles. The Kier molecular flexibility index (Phi) is 5.78. The first-order valence-corrected chi connectivity index (χ1v) is 8.15. The van der Waals surface area contributed by atoms with E-state index in [1.54, 1.807) is 6.08 Å². The molecule has 1 aromatic carbocycles. The van der Waals surface area contributed by atoms with Gasteiger partial charge in [-0.1, -0.05) is 29.3 Å². The van der Waals surface area contributed by atoms with Gasteiger partial charge < -0.3 is 5.32 Å². The summed E-state index contributed by atoms with van der Waals surface area (Å²) in [5, 5.41) is 3.02. The number of benzene rings is 1. The van der Waals surface area contributed by atoms with Crippen LogP contribution in [0.4, 0.5) is 0 Å². The van der Waals surface area contributed by atoms with E-state index in [1.165, 1.54) is 23.1 Å². The van der Waals surface area contributed by atoms with E-state index in [-0.39, 0.29) is 5.91 Å². The van der Waals surface area contributed by atoms with E-state index in [0.717, 1.165) is 31.8 Å². The molecule has 120 valence electrons. The molecule has 1 atom stereocenters. The average molecular weight is 300 g/mol. The molecule has 22 heavy (non-hydrogen) atoms. The van der Waals surface area contributed by atoms with Gasteiger partial charge in [0.1, 0.15) is 0 Å². The number of allylic oxidation sites excluding steroid dienone is 1. The van der Waals surface area contributed by atoms with Gasteiger partial charge >= 0.3 is 0 Å².